The van der Waals surface area contributed by atoms with Crippen LogP contribution in [0.1, 0.15) is 30.9 Å². The second kappa shape index (κ2) is 11.0. The Hall–Kier alpha value is -0.620. The van der Waals surface area contributed by atoms with Gasteiger partial charge in [-0.25, -0.2) is 9.97 Å². The fourth-order valence-electron chi connectivity index (χ4n) is 2.81. The van der Waals surface area contributed by atoms with Crippen molar-refractivity contribution in [2.24, 2.45) is 5.92 Å². The Bertz CT molecular complexity index is 470. The van der Waals surface area contributed by atoms with E-state index in [1.54, 1.807) is 0 Å². The van der Waals surface area contributed by atoms with Crippen molar-refractivity contribution in [1.82, 2.24) is 20.2 Å². The minimum atomic E-state index is 0. The lowest BCUT2D eigenvalue weighted by Crippen LogP contribution is -2.28. The Kier molecular flexibility index (Phi) is 10.7. The lowest BCUT2D eigenvalue weighted by Gasteiger charge is -2.21. The van der Waals surface area contributed by atoms with Crippen LogP contribution >= 0.6 is 24.8 Å². The van der Waals surface area contributed by atoms with Gasteiger partial charge in [-0.05, 0) is 39.4 Å². The third-order valence-corrected chi connectivity index (χ3v) is 4.08. The first-order valence-electron chi connectivity index (χ1n) is 8.09. The first-order chi connectivity index (χ1) is 10.1. The van der Waals surface area contributed by atoms with Gasteiger partial charge in [0.05, 0.1) is 5.69 Å². The number of rotatable bonds is 6. The van der Waals surface area contributed by atoms with E-state index >= 15 is 0 Å². The molecule has 1 aromatic rings. The van der Waals surface area contributed by atoms with E-state index in [9.17, 15) is 0 Å². The van der Waals surface area contributed by atoms with Gasteiger partial charge in [0.15, 0.2) is 0 Å². The highest BCUT2D eigenvalue weighted by molar-refractivity contribution is 5.85. The van der Waals surface area contributed by atoms with Crippen LogP contribution in [-0.4, -0.2) is 54.6 Å². The molecule has 0 radical (unpaired) electrons. The molecule has 0 aromatic carbocycles. The highest BCUT2D eigenvalue weighted by Crippen LogP contribution is 2.20. The number of nitrogens with zero attached hydrogens (tertiary/aromatic N) is 3. The molecule has 0 saturated carbocycles. The van der Waals surface area contributed by atoms with Crippen molar-refractivity contribution in [3.05, 3.63) is 17.1 Å². The standard InChI is InChI=1S/C16H29N5.2ClH/c1-5-21(4)11-12(2)10-18-16-14-6-8-17-9-7-15(14)19-13(3)20-16;;/h12,17H,5-11H2,1-4H3,(H,18,19,20);2*1H. The van der Waals surface area contributed by atoms with E-state index in [0.717, 1.165) is 57.2 Å². The Labute approximate surface area is 152 Å². The summed E-state index contributed by atoms with van der Waals surface area (Å²) in [6, 6.07) is 0. The van der Waals surface area contributed by atoms with Gasteiger partial charge >= 0.3 is 0 Å². The SMILES string of the molecule is CCN(C)CC(C)CNc1nc(C)nc2c1CCNCC2.Cl.Cl. The molecular weight excluding hydrogens is 333 g/mol. The van der Waals surface area contributed by atoms with Crippen molar-refractivity contribution < 1.29 is 0 Å². The van der Waals surface area contributed by atoms with Crippen LogP contribution < -0.4 is 10.6 Å². The van der Waals surface area contributed by atoms with Crippen molar-refractivity contribution in [1.29, 1.82) is 0 Å². The average molecular weight is 364 g/mol. The Morgan fingerprint density at radius 3 is 2.61 bits per heavy atom. The summed E-state index contributed by atoms with van der Waals surface area (Å²) >= 11 is 0. The summed E-state index contributed by atoms with van der Waals surface area (Å²) in [7, 11) is 2.17. The zero-order chi connectivity index (χ0) is 15.2. The van der Waals surface area contributed by atoms with E-state index in [1.165, 1.54) is 11.3 Å². The van der Waals surface area contributed by atoms with Crippen LogP contribution in [0.15, 0.2) is 0 Å². The number of hydrogen-bond acceptors (Lipinski definition) is 5. The molecule has 0 fully saturated rings. The highest BCUT2D eigenvalue weighted by atomic mass is 35.5. The largest absolute Gasteiger partial charge is 0.369 e. The molecule has 1 aromatic heterocycles. The third kappa shape index (κ3) is 6.79. The maximum absolute atomic E-state index is 4.64. The molecule has 1 aliphatic rings. The predicted molar refractivity (Wildman–Crippen MR) is 102 cm³/mol. The lowest BCUT2D eigenvalue weighted by atomic mass is 10.1. The molecule has 5 nitrogen and oxygen atoms in total. The van der Waals surface area contributed by atoms with Crippen molar-refractivity contribution in [3.8, 4) is 0 Å². The molecule has 134 valence electrons. The number of hydrogen-bond donors (Lipinski definition) is 2. The Balaban J connectivity index is 0.00000242. The van der Waals surface area contributed by atoms with Crippen LogP contribution in [0.5, 0.6) is 0 Å². The van der Waals surface area contributed by atoms with Crippen molar-refractivity contribution in [2.45, 2.75) is 33.6 Å². The van der Waals surface area contributed by atoms with E-state index in [-0.39, 0.29) is 24.8 Å². The molecule has 0 saturated heterocycles. The van der Waals surface area contributed by atoms with E-state index in [1.807, 2.05) is 6.92 Å². The van der Waals surface area contributed by atoms with Crippen LogP contribution in [0, 0.1) is 12.8 Å². The summed E-state index contributed by atoms with van der Waals surface area (Å²) < 4.78 is 0. The first-order valence-corrected chi connectivity index (χ1v) is 8.09. The summed E-state index contributed by atoms with van der Waals surface area (Å²) in [4.78, 5) is 11.6. The number of fused-ring (bicyclic) bond motifs is 1. The normalized spacial score (nSPS) is 15.0. The number of anilines is 1. The predicted octanol–water partition coefficient (Wildman–Crippen LogP) is 2.32. The summed E-state index contributed by atoms with van der Waals surface area (Å²) in [6.45, 7) is 11.7. The zero-order valence-electron chi connectivity index (χ0n) is 14.7. The third-order valence-electron chi connectivity index (χ3n) is 4.08. The molecule has 0 bridgehead atoms. The van der Waals surface area contributed by atoms with Crippen LogP contribution in [0.3, 0.4) is 0 Å². The highest BCUT2D eigenvalue weighted by Gasteiger charge is 2.16. The summed E-state index contributed by atoms with van der Waals surface area (Å²) in [5.41, 5.74) is 2.52. The van der Waals surface area contributed by atoms with Gasteiger partial charge in [0.1, 0.15) is 11.6 Å². The fourth-order valence-corrected chi connectivity index (χ4v) is 2.81. The van der Waals surface area contributed by atoms with Crippen molar-refractivity contribution in [3.63, 3.8) is 0 Å². The number of aryl methyl sites for hydroxylation is 1. The number of halogens is 2. The number of aromatic nitrogens is 2. The smallest absolute Gasteiger partial charge is 0.133 e. The van der Waals surface area contributed by atoms with Gasteiger partial charge in [0, 0.05) is 31.6 Å². The maximum atomic E-state index is 4.64. The zero-order valence-corrected chi connectivity index (χ0v) is 16.3. The molecule has 1 aliphatic heterocycles. The Morgan fingerprint density at radius 2 is 1.91 bits per heavy atom. The molecule has 0 aliphatic carbocycles. The van der Waals surface area contributed by atoms with Crippen LogP contribution in [0.4, 0.5) is 5.82 Å². The Morgan fingerprint density at radius 1 is 1.22 bits per heavy atom. The lowest BCUT2D eigenvalue weighted by molar-refractivity contribution is 0.305. The maximum Gasteiger partial charge on any atom is 0.133 e. The van der Waals surface area contributed by atoms with E-state index in [0.29, 0.717) is 5.92 Å². The number of nitrogens with one attached hydrogen (secondary N) is 2. The second-order valence-electron chi connectivity index (χ2n) is 6.14. The van der Waals surface area contributed by atoms with Crippen LogP contribution in [-0.2, 0) is 12.8 Å². The first kappa shape index (κ1) is 22.4. The van der Waals surface area contributed by atoms with Gasteiger partial charge in [0.25, 0.3) is 0 Å². The van der Waals surface area contributed by atoms with Gasteiger partial charge in [-0.2, -0.15) is 0 Å². The van der Waals surface area contributed by atoms with E-state index in [4.69, 9.17) is 0 Å². The van der Waals surface area contributed by atoms with Gasteiger partial charge < -0.3 is 15.5 Å². The van der Waals surface area contributed by atoms with Gasteiger partial charge in [-0.15, -0.1) is 24.8 Å². The quantitative estimate of drug-likeness (QED) is 0.811. The van der Waals surface area contributed by atoms with E-state index in [2.05, 4.69) is 46.4 Å². The molecule has 23 heavy (non-hydrogen) atoms. The second-order valence-corrected chi connectivity index (χ2v) is 6.14. The van der Waals surface area contributed by atoms with E-state index < -0.39 is 0 Å². The topological polar surface area (TPSA) is 53.1 Å². The van der Waals surface area contributed by atoms with Crippen molar-refractivity contribution in [2.75, 3.05) is 45.1 Å². The van der Waals surface area contributed by atoms with Crippen LogP contribution in [0.2, 0.25) is 0 Å². The monoisotopic (exact) mass is 363 g/mol. The molecule has 1 atom stereocenters. The minimum Gasteiger partial charge on any atom is -0.369 e. The molecular formula is C16H31Cl2N5. The minimum absolute atomic E-state index is 0. The molecule has 2 N–H and O–H groups in total. The van der Waals surface area contributed by atoms with Crippen molar-refractivity contribution >= 4 is 30.6 Å². The summed E-state index contributed by atoms with van der Waals surface area (Å²) in [5.74, 6) is 2.52. The summed E-state index contributed by atoms with van der Waals surface area (Å²) in [5, 5.41) is 7.00. The van der Waals surface area contributed by atoms with Gasteiger partial charge in [-0.3, -0.25) is 0 Å². The molecule has 0 amide bonds. The molecule has 0 spiro atoms. The fraction of sp³-hybridized carbons (Fsp3) is 0.750. The van der Waals surface area contributed by atoms with Crippen LogP contribution in [0.25, 0.3) is 0 Å². The average Bonchev–Trinajstić information content (AvgIpc) is 2.69. The summed E-state index contributed by atoms with van der Waals surface area (Å²) in [6.07, 6.45) is 2.02. The molecule has 1 unspecified atom stereocenters. The van der Waals surface area contributed by atoms with Gasteiger partial charge in [0.2, 0.25) is 0 Å². The molecule has 2 heterocycles. The molecule has 7 heteroatoms. The molecule has 2 rings (SSSR count). The van der Waals surface area contributed by atoms with Gasteiger partial charge in [-0.1, -0.05) is 13.8 Å².